The van der Waals surface area contributed by atoms with E-state index in [2.05, 4.69) is 5.10 Å². The summed E-state index contributed by atoms with van der Waals surface area (Å²) in [7, 11) is 0. The Kier molecular flexibility index (Phi) is 3.80. The molecule has 0 aromatic carbocycles. The van der Waals surface area contributed by atoms with Crippen molar-refractivity contribution in [3.63, 3.8) is 0 Å². The summed E-state index contributed by atoms with van der Waals surface area (Å²) in [6.07, 6.45) is 0.141. The average molecular weight is 281 g/mol. The van der Waals surface area contributed by atoms with Crippen molar-refractivity contribution in [1.29, 1.82) is 0 Å². The van der Waals surface area contributed by atoms with Gasteiger partial charge in [-0.15, -0.1) is 0 Å². The molecule has 7 heteroatoms. The molecular formula is C13H19N3O4. The van der Waals surface area contributed by atoms with Gasteiger partial charge in [-0.25, -0.2) is 9.48 Å². The van der Waals surface area contributed by atoms with Crippen LogP contribution in [0.4, 0.5) is 4.79 Å². The van der Waals surface area contributed by atoms with Gasteiger partial charge in [0.15, 0.2) is 0 Å². The number of hydrogen-bond donors (Lipinski definition) is 1. The number of aliphatic hydroxyl groups excluding tert-OH is 1. The third-order valence-electron chi connectivity index (χ3n) is 2.97. The van der Waals surface area contributed by atoms with Gasteiger partial charge in [-0.05, 0) is 26.8 Å². The van der Waals surface area contributed by atoms with Gasteiger partial charge in [-0.3, -0.25) is 4.79 Å². The molecule has 0 aliphatic carbocycles. The maximum atomic E-state index is 12.0. The molecule has 2 heterocycles. The molecule has 1 aromatic heterocycles. The maximum Gasteiger partial charge on any atom is 0.410 e. The van der Waals surface area contributed by atoms with Gasteiger partial charge in [0, 0.05) is 18.8 Å². The number of rotatable bonds is 1. The average Bonchev–Trinajstić information content (AvgIpc) is 2.70. The molecule has 110 valence electrons. The lowest BCUT2D eigenvalue weighted by molar-refractivity contribution is 0.0270. The van der Waals surface area contributed by atoms with Crippen LogP contribution in [0.15, 0.2) is 23.1 Å². The summed E-state index contributed by atoms with van der Waals surface area (Å²) in [6.45, 7) is 5.66. The lowest BCUT2D eigenvalue weighted by Gasteiger charge is -2.24. The molecule has 0 spiro atoms. The van der Waals surface area contributed by atoms with E-state index in [1.165, 1.54) is 27.9 Å². The minimum atomic E-state index is -0.838. The fourth-order valence-corrected chi connectivity index (χ4v) is 2.10. The first-order chi connectivity index (χ1) is 9.28. The Morgan fingerprint density at radius 3 is 2.75 bits per heavy atom. The highest BCUT2D eigenvalue weighted by Crippen LogP contribution is 2.22. The van der Waals surface area contributed by atoms with Crippen molar-refractivity contribution in [3.8, 4) is 0 Å². The monoisotopic (exact) mass is 281 g/mol. The first kappa shape index (κ1) is 14.5. The lowest BCUT2D eigenvalue weighted by Crippen LogP contribution is -2.36. The SMILES string of the molecule is CC(C)(C)OC(=O)N1CC(O)C(n2ncccc2=O)C1. The predicted octanol–water partition coefficient (Wildman–Crippen LogP) is 0.396. The molecule has 1 aromatic rings. The molecule has 1 saturated heterocycles. The van der Waals surface area contributed by atoms with Gasteiger partial charge < -0.3 is 14.7 Å². The molecule has 7 nitrogen and oxygen atoms in total. The second kappa shape index (κ2) is 5.24. The van der Waals surface area contributed by atoms with E-state index in [-0.39, 0.29) is 18.6 Å². The van der Waals surface area contributed by atoms with Crippen LogP contribution in [0.5, 0.6) is 0 Å². The van der Waals surface area contributed by atoms with E-state index in [9.17, 15) is 14.7 Å². The Bertz CT molecular complexity index is 549. The highest BCUT2D eigenvalue weighted by molar-refractivity contribution is 5.68. The predicted molar refractivity (Wildman–Crippen MR) is 71.3 cm³/mol. The van der Waals surface area contributed by atoms with E-state index in [0.29, 0.717) is 0 Å². The van der Waals surface area contributed by atoms with Crippen LogP contribution in [0.2, 0.25) is 0 Å². The molecule has 1 aliphatic heterocycles. The molecule has 0 radical (unpaired) electrons. The molecule has 0 saturated carbocycles. The largest absolute Gasteiger partial charge is 0.444 e. The van der Waals surface area contributed by atoms with E-state index in [0.717, 1.165) is 0 Å². The Hall–Kier alpha value is -1.89. The number of amides is 1. The third-order valence-corrected chi connectivity index (χ3v) is 2.97. The fourth-order valence-electron chi connectivity index (χ4n) is 2.10. The molecule has 0 bridgehead atoms. The Balaban J connectivity index is 2.12. The zero-order valence-corrected chi connectivity index (χ0v) is 11.8. The van der Waals surface area contributed by atoms with Crippen LogP contribution >= 0.6 is 0 Å². The highest BCUT2D eigenvalue weighted by atomic mass is 16.6. The molecule has 1 amide bonds. The zero-order chi connectivity index (χ0) is 14.9. The van der Waals surface area contributed by atoms with Crippen LogP contribution in [0, 0.1) is 0 Å². The summed E-state index contributed by atoms with van der Waals surface area (Å²) in [5.74, 6) is 0. The van der Waals surface area contributed by atoms with Crippen molar-refractivity contribution in [2.24, 2.45) is 0 Å². The Labute approximate surface area is 116 Å². The number of ether oxygens (including phenoxy) is 1. The van der Waals surface area contributed by atoms with Gasteiger partial charge in [-0.1, -0.05) is 0 Å². The van der Waals surface area contributed by atoms with Crippen molar-refractivity contribution < 1.29 is 14.6 Å². The molecule has 2 unspecified atom stereocenters. The van der Waals surface area contributed by atoms with Gasteiger partial charge in [0.25, 0.3) is 5.56 Å². The summed E-state index contributed by atoms with van der Waals surface area (Å²) < 4.78 is 6.46. The number of carbonyl (C=O) groups excluding carboxylic acids is 1. The molecule has 1 fully saturated rings. The number of aliphatic hydroxyl groups is 1. The number of hydrogen-bond acceptors (Lipinski definition) is 5. The smallest absolute Gasteiger partial charge is 0.410 e. The summed E-state index contributed by atoms with van der Waals surface area (Å²) in [4.78, 5) is 25.1. The van der Waals surface area contributed by atoms with Crippen molar-refractivity contribution >= 4 is 6.09 Å². The number of aromatic nitrogens is 2. The number of likely N-dealkylation sites (tertiary alicyclic amines) is 1. The zero-order valence-electron chi connectivity index (χ0n) is 11.8. The quantitative estimate of drug-likeness (QED) is 0.805. The summed E-state index contributed by atoms with van der Waals surface area (Å²) >= 11 is 0. The topological polar surface area (TPSA) is 84.7 Å². The van der Waals surface area contributed by atoms with Crippen LogP contribution in [0.25, 0.3) is 0 Å². The van der Waals surface area contributed by atoms with E-state index in [1.807, 2.05) is 0 Å². The van der Waals surface area contributed by atoms with E-state index >= 15 is 0 Å². The van der Waals surface area contributed by atoms with Crippen LogP contribution in [0.3, 0.4) is 0 Å². The molecule has 1 N–H and O–H groups in total. The Morgan fingerprint density at radius 1 is 1.45 bits per heavy atom. The van der Waals surface area contributed by atoms with Gasteiger partial charge >= 0.3 is 6.09 Å². The fraction of sp³-hybridized carbons (Fsp3) is 0.615. The first-order valence-corrected chi connectivity index (χ1v) is 6.48. The Morgan fingerprint density at radius 2 is 2.15 bits per heavy atom. The van der Waals surface area contributed by atoms with Gasteiger partial charge in [0.1, 0.15) is 11.6 Å². The number of nitrogens with zero attached hydrogens (tertiary/aromatic N) is 3. The third kappa shape index (κ3) is 3.16. The number of carbonyl (C=O) groups is 1. The molecule has 2 rings (SSSR count). The lowest BCUT2D eigenvalue weighted by atomic mass is 10.2. The highest BCUT2D eigenvalue weighted by Gasteiger charge is 2.38. The van der Waals surface area contributed by atoms with Crippen LogP contribution < -0.4 is 5.56 Å². The summed E-state index contributed by atoms with van der Waals surface area (Å²) in [6, 6.07) is 2.36. The van der Waals surface area contributed by atoms with Crippen LogP contribution in [-0.2, 0) is 4.74 Å². The van der Waals surface area contributed by atoms with Crippen LogP contribution in [-0.4, -0.2) is 50.7 Å². The molecule has 20 heavy (non-hydrogen) atoms. The van der Waals surface area contributed by atoms with Crippen LogP contribution in [0.1, 0.15) is 26.8 Å². The van der Waals surface area contributed by atoms with Crippen molar-refractivity contribution in [2.45, 2.75) is 38.5 Å². The standard InChI is InChI=1S/C13H19N3O4/c1-13(2,3)20-12(19)15-7-9(10(17)8-15)16-11(18)5-4-6-14-16/h4-6,9-10,17H,7-8H2,1-3H3. The van der Waals surface area contributed by atoms with Crippen molar-refractivity contribution in [3.05, 3.63) is 28.7 Å². The first-order valence-electron chi connectivity index (χ1n) is 6.48. The van der Waals surface area contributed by atoms with E-state index < -0.39 is 23.8 Å². The molecular weight excluding hydrogens is 262 g/mol. The second-order valence-electron chi connectivity index (χ2n) is 5.83. The molecule has 2 atom stereocenters. The second-order valence-corrected chi connectivity index (χ2v) is 5.83. The van der Waals surface area contributed by atoms with Gasteiger partial charge in [0.2, 0.25) is 0 Å². The minimum Gasteiger partial charge on any atom is -0.444 e. The van der Waals surface area contributed by atoms with Crippen molar-refractivity contribution in [2.75, 3.05) is 13.1 Å². The normalized spacial score (nSPS) is 22.9. The maximum absolute atomic E-state index is 12.0. The number of β-amino-alcohol motifs (C(OH)–C–C–N with tert-alkyl or cyclic N) is 1. The molecule has 1 aliphatic rings. The summed E-state index contributed by atoms with van der Waals surface area (Å²) in [5, 5.41) is 14.0. The van der Waals surface area contributed by atoms with Gasteiger partial charge in [0.05, 0.1) is 12.6 Å². The minimum absolute atomic E-state index is 0.128. The van der Waals surface area contributed by atoms with E-state index in [1.54, 1.807) is 20.8 Å². The summed E-state index contributed by atoms with van der Waals surface area (Å²) in [5.41, 5.74) is -0.898. The van der Waals surface area contributed by atoms with Crippen molar-refractivity contribution in [1.82, 2.24) is 14.7 Å². The van der Waals surface area contributed by atoms with Gasteiger partial charge in [-0.2, -0.15) is 5.10 Å². The van der Waals surface area contributed by atoms with E-state index in [4.69, 9.17) is 4.74 Å².